The minimum absolute atomic E-state index is 0.214. The third kappa shape index (κ3) is 5.61. The molecule has 0 unspecified atom stereocenters. The molecule has 3 amide bonds. The molecule has 0 radical (unpaired) electrons. The lowest BCUT2D eigenvalue weighted by Gasteiger charge is -2.07. The fraction of sp³-hybridized carbons (Fsp3) is 0.286. The van der Waals surface area contributed by atoms with Crippen molar-refractivity contribution in [3.05, 3.63) is 42.0 Å². The van der Waals surface area contributed by atoms with Crippen LogP contribution < -0.4 is 10.6 Å². The Morgan fingerprint density at radius 3 is 2.79 bits per heavy atom. The van der Waals surface area contributed by atoms with Gasteiger partial charge in [-0.25, -0.2) is 4.79 Å². The average Bonchev–Trinajstić information content (AvgIpc) is 2.37. The molecule has 1 aromatic carbocycles. The quantitative estimate of drug-likeness (QED) is 0.642. The first-order valence-corrected chi connectivity index (χ1v) is 6.90. The molecule has 0 fully saturated rings. The van der Waals surface area contributed by atoms with Crippen LogP contribution in [-0.2, 0) is 4.79 Å². The third-order valence-electron chi connectivity index (χ3n) is 2.36. The first kappa shape index (κ1) is 15.3. The van der Waals surface area contributed by atoms with Crippen LogP contribution in [-0.4, -0.2) is 24.2 Å². The molecule has 0 bridgehead atoms. The lowest BCUT2D eigenvalue weighted by Crippen LogP contribution is -2.40. The van der Waals surface area contributed by atoms with Gasteiger partial charge in [-0.15, -0.1) is 18.3 Å². The van der Waals surface area contributed by atoms with Crippen molar-refractivity contribution >= 4 is 23.7 Å². The molecule has 1 rings (SSSR count). The molecule has 1 aromatic rings. The Labute approximate surface area is 117 Å². The molecule has 0 heterocycles. The Morgan fingerprint density at radius 1 is 1.37 bits per heavy atom. The number of carbonyl (C=O) groups excluding carboxylic acids is 2. The van der Waals surface area contributed by atoms with Crippen LogP contribution in [0.4, 0.5) is 4.79 Å². The van der Waals surface area contributed by atoms with Crippen molar-refractivity contribution in [1.82, 2.24) is 10.6 Å². The van der Waals surface area contributed by atoms with Crippen molar-refractivity contribution < 1.29 is 9.59 Å². The van der Waals surface area contributed by atoms with Crippen LogP contribution in [0.3, 0.4) is 0 Å². The normalized spacial score (nSPS) is 9.79. The summed E-state index contributed by atoms with van der Waals surface area (Å²) < 4.78 is 0. The van der Waals surface area contributed by atoms with Crippen LogP contribution in [0.2, 0.25) is 0 Å². The van der Waals surface area contributed by atoms with E-state index in [0.717, 1.165) is 16.0 Å². The van der Waals surface area contributed by atoms with Crippen LogP contribution in [0, 0.1) is 13.8 Å². The molecular formula is C14H18N2O2S. The van der Waals surface area contributed by atoms with Gasteiger partial charge in [-0.05, 0) is 25.5 Å². The highest BCUT2D eigenvalue weighted by Crippen LogP contribution is 2.23. The van der Waals surface area contributed by atoms with Gasteiger partial charge in [0.05, 0.1) is 5.75 Å². The van der Waals surface area contributed by atoms with Crippen LogP contribution in [0.15, 0.2) is 35.7 Å². The zero-order chi connectivity index (χ0) is 14.3. The molecule has 19 heavy (non-hydrogen) atoms. The van der Waals surface area contributed by atoms with E-state index in [1.54, 1.807) is 6.08 Å². The van der Waals surface area contributed by atoms with E-state index < -0.39 is 6.03 Å². The van der Waals surface area contributed by atoms with E-state index in [1.807, 2.05) is 32.0 Å². The number of nitrogens with one attached hydrogen (secondary N) is 2. The van der Waals surface area contributed by atoms with Gasteiger partial charge in [0, 0.05) is 11.4 Å². The third-order valence-corrected chi connectivity index (χ3v) is 3.52. The minimum Gasteiger partial charge on any atom is -0.334 e. The minimum atomic E-state index is -0.494. The first-order chi connectivity index (χ1) is 9.02. The molecule has 0 aromatic heterocycles. The first-order valence-electron chi connectivity index (χ1n) is 5.91. The van der Waals surface area contributed by atoms with E-state index in [0.29, 0.717) is 6.54 Å². The fourth-order valence-electron chi connectivity index (χ4n) is 1.38. The summed E-state index contributed by atoms with van der Waals surface area (Å²) in [5, 5.41) is 4.75. The Bertz CT molecular complexity index is 486. The maximum atomic E-state index is 11.6. The van der Waals surface area contributed by atoms with Gasteiger partial charge in [0.2, 0.25) is 5.91 Å². The molecule has 102 valence electrons. The van der Waals surface area contributed by atoms with Crippen molar-refractivity contribution in [2.45, 2.75) is 18.7 Å². The zero-order valence-corrected chi connectivity index (χ0v) is 12.0. The summed E-state index contributed by atoms with van der Waals surface area (Å²) >= 11 is 1.42. The molecular weight excluding hydrogens is 260 g/mol. The number of aryl methyl sites for hydroxylation is 2. The Hall–Kier alpha value is -1.75. The number of carbonyl (C=O) groups is 2. The van der Waals surface area contributed by atoms with Crippen LogP contribution >= 0.6 is 11.8 Å². The number of hydrogen-bond donors (Lipinski definition) is 2. The van der Waals surface area contributed by atoms with E-state index in [-0.39, 0.29) is 11.7 Å². The molecule has 0 atom stereocenters. The number of hydrogen-bond acceptors (Lipinski definition) is 3. The summed E-state index contributed by atoms with van der Waals surface area (Å²) in [5.74, 6) is -0.0984. The number of amides is 3. The molecule has 0 aliphatic heterocycles. The fourth-order valence-corrected chi connectivity index (χ4v) is 2.30. The highest BCUT2D eigenvalue weighted by Gasteiger charge is 2.08. The van der Waals surface area contributed by atoms with Crippen LogP contribution in [0.1, 0.15) is 11.1 Å². The molecule has 0 aliphatic rings. The summed E-state index contributed by atoms with van der Waals surface area (Å²) in [4.78, 5) is 23.9. The zero-order valence-electron chi connectivity index (χ0n) is 11.2. The van der Waals surface area contributed by atoms with Crippen LogP contribution in [0.5, 0.6) is 0 Å². The summed E-state index contributed by atoms with van der Waals surface area (Å²) in [6.07, 6.45) is 1.55. The molecule has 0 spiro atoms. The SMILES string of the molecule is C=CCNC(=O)NC(=O)CSc1cc(C)ccc1C. The average molecular weight is 278 g/mol. The van der Waals surface area contributed by atoms with Crippen molar-refractivity contribution in [3.63, 3.8) is 0 Å². The van der Waals surface area contributed by atoms with Gasteiger partial charge in [-0.1, -0.05) is 23.8 Å². The maximum absolute atomic E-state index is 11.6. The summed E-state index contributed by atoms with van der Waals surface area (Å²) in [7, 11) is 0. The smallest absolute Gasteiger partial charge is 0.321 e. The number of benzene rings is 1. The second kappa shape index (κ2) is 7.63. The maximum Gasteiger partial charge on any atom is 0.321 e. The number of rotatable bonds is 5. The number of imide groups is 1. The van der Waals surface area contributed by atoms with Crippen molar-refractivity contribution in [3.8, 4) is 0 Å². The second-order valence-corrected chi connectivity index (χ2v) is 5.12. The van der Waals surface area contributed by atoms with E-state index in [1.165, 1.54) is 11.8 Å². The molecule has 0 aliphatic carbocycles. The standard InChI is InChI=1S/C14H18N2O2S/c1-4-7-15-14(18)16-13(17)9-19-12-8-10(2)5-6-11(12)3/h4-6,8H,1,7,9H2,2-3H3,(H2,15,16,17,18). The largest absolute Gasteiger partial charge is 0.334 e. The predicted octanol–water partition coefficient (Wildman–Crippen LogP) is 2.41. The summed E-state index contributed by atoms with van der Waals surface area (Å²) in [6, 6.07) is 5.59. The van der Waals surface area contributed by atoms with Gasteiger partial charge in [0.15, 0.2) is 0 Å². The van der Waals surface area contributed by atoms with Gasteiger partial charge in [0.25, 0.3) is 0 Å². The van der Waals surface area contributed by atoms with E-state index in [9.17, 15) is 9.59 Å². The van der Waals surface area contributed by atoms with E-state index in [2.05, 4.69) is 17.2 Å². The Morgan fingerprint density at radius 2 is 2.11 bits per heavy atom. The van der Waals surface area contributed by atoms with Gasteiger partial charge in [-0.2, -0.15) is 0 Å². The monoisotopic (exact) mass is 278 g/mol. The lowest BCUT2D eigenvalue weighted by molar-refractivity contribution is -0.117. The highest BCUT2D eigenvalue weighted by molar-refractivity contribution is 8.00. The summed E-state index contributed by atoms with van der Waals surface area (Å²) in [5.41, 5.74) is 2.27. The highest BCUT2D eigenvalue weighted by atomic mass is 32.2. The predicted molar refractivity (Wildman–Crippen MR) is 78.4 cm³/mol. The molecule has 0 saturated heterocycles. The molecule has 0 saturated carbocycles. The van der Waals surface area contributed by atoms with Gasteiger partial charge < -0.3 is 5.32 Å². The van der Waals surface area contributed by atoms with Crippen molar-refractivity contribution in [2.75, 3.05) is 12.3 Å². The number of urea groups is 1. The molecule has 5 heteroatoms. The Balaban J connectivity index is 2.43. The van der Waals surface area contributed by atoms with Gasteiger partial charge in [-0.3, -0.25) is 10.1 Å². The van der Waals surface area contributed by atoms with Gasteiger partial charge >= 0.3 is 6.03 Å². The van der Waals surface area contributed by atoms with E-state index in [4.69, 9.17) is 0 Å². The van der Waals surface area contributed by atoms with Crippen molar-refractivity contribution in [2.24, 2.45) is 0 Å². The molecule has 4 nitrogen and oxygen atoms in total. The van der Waals surface area contributed by atoms with Crippen LogP contribution in [0.25, 0.3) is 0 Å². The molecule has 2 N–H and O–H groups in total. The van der Waals surface area contributed by atoms with Crippen molar-refractivity contribution in [1.29, 1.82) is 0 Å². The summed E-state index contributed by atoms with van der Waals surface area (Å²) in [6.45, 7) is 7.81. The second-order valence-electron chi connectivity index (χ2n) is 4.10. The lowest BCUT2D eigenvalue weighted by atomic mass is 10.2. The number of thioether (sulfide) groups is 1. The van der Waals surface area contributed by atoms with Gasteiger partial charge in [0.1, 0.15) is 0 Å². The van der Waals surface area contributed by atoms with E-state index >= 15 is 0 Å². The topological polar surface area (TPSA) is 58.2 Å². The Kier molecular flexibility index (Phi) is 6.15.